The molecule has 5 nitrogen and oxygen atoms in total. The number of hydrogen-bond donors (Lipinski definition) is 2. The second kappa shape index (κ2) is 4.81. The topological polar surface area (TPSA) is 67.6 Å². The van der Waals surface area contributed by atoms with Gasteiger partial charge in [-0.2, -0.15) is 0 Å². The molecule has 1 aliphatic heterocycles. The molecular formula is C10H21N3O2. The number of carbonyl (C=O) groups excluding carboxylic acids is 1. The third-order valence-electron chi connectivity index (χ3n) is 2.17. The molecule has 0 aromatic heterocycles. The molecule has 1 aliphatic rings. The molecule has 1 atom stereocenters. The van der Waals surface area contributed by atoms with Crippen LogP contribution in [0.5, 0.6) is 0 Å². The summed E-state index contributed by atoms with van der Waals surface area (Å²) in [5.41, 5.74) is 5.31. The largest absolute Gasteiger partial charge is 0.373 e. The van der Waals surface area contributed by atoms with E-state index in [-0.39, 0.29) is 17.7 Å². The number of hydrogen-bond acceptors (Lipinski definition) is 3. The van der Waals surface area contributed by atoms with Crippen LogP contribution in [-0.4, -0.2) is 48.8 Å². The predicted molar refractivity (Wildman–Crippen MR) is 58.7 cm³/mol. The quantitative estimate of drug-likeness (QED) is 0.654. The van der Waals surface area contributed by atoms with E-state index < -0.39 is 0 Å². The van der Waals surface area contributed by atoms with E-state index in [0.717, 1.165) is 0 Å². The van der Waals surface area contributed by atoms with Gasteiger partial charge in [-0.3, -0.25) is 0 Å². The molecule has 0 aromatic rings. The summed E-state index contributed by atoms with van der Waals surface area (Å²) in [5.74, 6) is 0. The Morgan fingerprint density at radius 1 is 1.60 bits per heavy atom. The first-order chi connectivity index (χ1) is 6.92. The summed E-state index contributed by atoms with van der Waals surface area (Å²) in [5, 5.41) is 2.92. The van der Waals surface area contributed by atoms with E-state index in [2.05, 4.69) is 5.32 Å². The summed E-state index contributed by atoms with van der Waals surface area (Å²) in [6, 6.07) is -0.0377. The highest BCUT2D eigenvalue weighted by atomic mass is 16.5. The minimum atomic E-state index is -0.201. The van der Waals surface area contributed by atoms with Crippen LogP contribution in [0.1, 0.15) is 20.8 Å². The maximum atomic E-state index is 11.8. The SMILES string of the molecule is CC(C)(C)NC(=O)N1CCOC(CN)C1. The minimum Gasteiger partial charge on any atom is -0.373 e. The zero-order valence-electron chi connectivity index (χ0n) is 9.75. The Bertz CT molecular complexity index is 225. The monoisotopic (exact) mass is 215 g/mol. The second-order valence-electron chi connectivity index (χ2n) is 4.85. The zero-order chi connectivity index (χ0) is 11.5. The molecule has 88 valence electrons. The van der Waals surface area contributed by atoms with Crippen LogP contribution in [0.25, 0.3) is 0 Å². The number of nitrogens with one attached hydrogen (secondary N) is 1. The van der Waals surface area contributed by atoms with Gasteiger partial charge in [-0.1, -0.05) is 0 Å². The normalized spacial score (nSPS) is 22.7. The van der Waals surface area contributed by atoms with Gasteiger partial charge in [0.15, 0.2) is 0 Å². The van der Waals surface area contributed by atoms with Gasteiger partial charge >= 0.3 is 6.03 Å². The van der Waals surface area contributed by atoms with Crippen molar-refractivity contribution >= 4 is 6.03 Å². The van der Waals surface area contributed by atoms with Crippen LogP contribution < -0.4 is 11.1 Å². The standard InChI is InChI=1S/C10H21N3O2/c1-10(2,3)12-9(14)13-4-5-15-8(6-11)7-13/h8H,4-7,11H2,1-3H3,(H,12,14). The molecule has 2 amide bonds. The van der Waals surface area contributed by atoms with Crippen molar-refractivity contribution in [2.75, 3.05) is 26.2 Å². The number of amides is 2. The van der Waals surface area contributed by atoms with Crippen LogP contribution in [0.4, 0.5) is 4.79 Å². The molecule has 3 N–H and O–H groups in total. The van der Waals surface area contributed by atoms with Gasteiger partial charge in [0.25, 0.3) is 0 Å². The highest BCUT2D eigenvalue weighted by Gasteiger charge is 2.25. The van der Waals surface area contributed by atoms with Gasteiger partial charge in [-0.05, 0) is 20.8 Å². The number of ether oxygens (including phenoxy) is 1. The van der Waals surface area contributed by atoms with Crippen molar-refractivity contribution in [3.8, 4) is 0 Å². The Labute approximate surface area is 90.9 Å². The molecule has 0 radical (unpaired) electrons. The highest BCUT2D eigenvalue weighted by Crippen LogP contribution is 2.06. The van der Waals surface area contributed by atoms with E-state index in [1.54, 1.807) is 4.90 Å². The zero-order valence-corrected chi connectivity index (χ0v) is 9.75. The maximum Gasteiger partial charge on any atom is 0.317 e. The van der Waals surface area contributed by atoms with E-state index in [4.69, 9.17) is 10.5 Å². The molecule has 5 heteroatoms. The van der Waals surface area contributed by atoms with Gasteiger partial charge in [0, 0.05) is 25.2 Å². The predicted octanol–water partition coefficient (Wildman–Crippen LogP) is 0.154. The van der Waals surface area contributed by atoms with Crippen molar-refractivity contribution in [1.82, 2.24) is 10.2 Å². The molecule has 1 fully saturated rings. The van der Waals surface area contributed by atoms with Crippen molar-refractivity contribution in [3.05, 3.63) is 0 Å². The number of morpholine rings is 1. The molecule has 0 aliphatic carbocycles. The molecular weight excluding hydrogens is 194 g/mol. The highest BCUT2D eigenvalue weighted by molar-refractivity contribution is 5.75. The molecule has 0 spiro atoms. The van der Waals surface area contributed by atoms with Crippen LogP contribution in [0.3, 0.4) is 0 Å². The van der Waals surface area contributed by atoms with Gasteiger partial charge < -0.3 is 20.7 Å². The fourth-order valence-corrected chi connectivity index (χ4v) is 1.45. The van der Waals surface area contributed by atoms with Gasteiger partial charge in [0.1, 0.15) is 0 Å². The van der Waals surface area contributed by atoms with E-state index in [9.17, 15) is 4.79 Å². The lowest BCUT2D eigenvalue weighted by Crippen LogP contribution is -2.54. The summed E-state index contributed by atoms with van der Waals surface area (Å²) in [6.45, 7) is 8.14. The average Bonchev–Trinajstić information content (AvgIpc) is 2.15. The van der Waals surface area contributed by atoms with Crippen molar-refractivity contribution in [2.45, 2.75) is 32.4 Å². The molecule has 1 unspecified atom stereocenters. The number of carbonyl (C=O) groups is 1. The lowest BCUT2D eigenvalue weighted by Gasteiger charge is -2.34. The average molecular weight is 215 g/mol. The number of nitrogens with zero attached hydrogens (tertiary/aromatic N) is 1. The van der Waals surface area contributed by atoms with Crippen LogP contribution in [0, 0.1) is 0 Å². The fraction of sp³-hybridized carbons (Fsp3) is 0.900. The van der Waals surface area contributed by atoms with Crippen LogP contribution in [0.15, 0.2) is 0 Å². The summed E-state index contributed by atoms with van der Waals surface area (Å²) in [4.78, 5) is 13.5. The van der Waals surface area contributed by atoms with Crippen LogP contribution in [0.2, 0.25) is 0 Å². The smallest absolute Gasteiger partial charge is 0.317 e. The Kier molecular flexibility index (Phi) is 3.93. The summed E-state index contributed by atoms with van der Waals surface area (Å²) >= 11 is 0. The number of rotatable bonds is 1. The molecule has 0 saturated carbocycles. The van der Waals surface area contributed by atoms with Gasteiger partial charge in [-0.25, -0.2) is 4.79 Å². The van der Waals surface area contributed by atoms with E-state index in [1.165, 1.54) is 0 Å². The Morgan fingerprint density at radius 2 is 2.27 bits per heavy atom. The van der Waals surface area contributed by atoms with Crippen molar-refractivity contribution in [3.63, 3.8) is 0 Å². The minimum absolute atomic E-state index is 0.0236. The Hall–Kier alpha value is -0.810. The molecule has 0 bridgehead atoms. The van der Waals surface area contributed by atoms with Crippen LogP contribution >= 0.6 is 0 Å². The Morgan fingerprint density at radius 3 is 2.80 bits per heavy atom. The van der Waals surface area contributed by atoms with E-state index in [1.807, 2.05) is 20.8 Å². The first-order valence-electron chi connectivity index (χ1n) is 5.31. The van der Waals surface area contributed by atoms with Gasteiger partial charge in [-0.15, -0.1) is 0 Å². The molecule has 1 saturated heterocycles. The molecule has 0 aromatic carbocycles. The number of nitrogens with two attached hydrogens (primary N) is 1. The van der Waals surface area contributed by atoms with Crippen molar-refractivity contribution in [1.29, 1.82) is 0 Å². The second-order valence-corrected chi connectivity index (χ2v) is 4.85. The lowest BCUT2D eigenvalue weighted by atomic mass is 10.1. The first-order valence-corrected chi connectivity index (χ1v) is 5.31. The summed E-state index contributed by atoms with van der Waals surface area (Å²) in [7, 11) is 0. The van der Waals surface area contributed by atoms with Crippen LogP contribution in [-0.2, 0) is 4.74 Å². The third kappa shape index (κ3) is 4.05. The maximum absolute atomic E-state index is 11.8. The van der Waals surface area contributed by atoms with Crippen molar-refractivity contribution < 1.29 is 9.53 Å². The first kappa shape index (κ1) is 12.3. The summed E-state index contributed by atoms with van der Waals surface area (Å²) in [6.07, 6.45) is -0.0236. The molecule has 1 rings (SSSR count). The lowest BCUT2D eigenvalue weighted by molar-refractivity contribution is -0.00937. The summed E-state index contributed by atoms with van der Waals surface area (Å²) < 4.78 is 5.39. The Balaban J connectivity index is 2.45. The van der Waals surface area contributed by atoms with E-state index >= 15 is 0 Å². The van der Waals surface area contributed by atoms with E-state index in [0.29, 0.717) is 26.2 Å². The third-order valence-corrected chi connectivity index (χ3v) is 2.17. The molecule has 15 heavy (non-hydrogen) atoms. The fourth-order valence-electron chi connectivity index (χ4n) is 1.45. The van der Waals surface area contributed by atoms with Crippen molar-refractivity contribution in [2.24, 2.45) is 5.73 Å². The molecule has 1 heterocycles. The van der Waals surface area contributed by atoms with Gasteiger partial charge in [0.2, 0.25) is 0 Å². The number of urea groups is 1. The van der Waals surface area contributed by atoms with Gasteiger partial charge in [0.05, 0.1) is 12.7 Å².